The van der Waals surface area contributed by atoms with Crippen LogP contribution in [0.2, 0.25) is 0 Å². The van der Waals surface area contributed by atoms with Crippen molar-refractivity contribution in [2.24, 2.45) is 0 Å². The molecule has 0 unspecified atom stereocenters. The van der Waals surface area contributed by atoms with Gasteiger partial charge in [0.1, 0.15) is 0 Å². The highest BCUT2D eigenvalue weighted by atomic mass is 32.2. The van der Waals surface area contributed by atoms with Crippen molar-refractivity contribution < 1.29 is 4.42 Å². The van der Waals surface area contributed by atoms with Crippen molar-refractivity contribution in [1.82, 2.24) is 15.2 Å². The maximum absolute atomic E-state index is 5.62. The van der Waals surface area contributed by atoms with Crippen molar-refractivity contribution in [3.8, 4) is 11.5 Å². The summed E-state index contributed by atoms with van der Waals surface area (Å²) in [6, 6.07) is 3.72. The summed E-state index contributed by atoms with van der Waals surface area (Å²) in [5.74, 6) is 0.556. The molecule has 2 aromatic rings. The number of hydrogen-bond donors (Lipinski definition) is 0. The van der Waals surface area contributed by atoms with Gasteiger partial charge in [-0.15, -0.1) is 10.2 Å². The van der Waals surface area contributed by atoms with Crippen molar-refractivity contribution in [1.29, 1.82) is 0 Å². The summed E-state index contributed by atoms with van der Waals surface area (Å²) < 4.78 is 5.62. The first-order valence-corrected chi connectivity index (χ1v) is 6.62. The van der Waals surface area contributed by atoms with Crippen LogP contribution in [0.5, 0.6) is 0 Å². The Bertz CT molecular complexity index is 454. The zero-order valence-corrected chi connectivity index (χ0v) is 10.8. The molecule has 2 aromatic heterocycles. The molecule has 0 saturated heterocycles. The molecular weight excluding hydrogens is 234 g/mol. The number of thioether (sulfide) groups is 1. The molecule has 0 aliphatic heterocycles. The van der Waals surface area contributed by atoms with E-state index in [1.54, 1.807) is 24.2 Å². The third-order valence-electron chi connectivity index (χ3n) is 2.51. The lowest BCUT2D eigenvalue weighted by molar-refractivity contribution is 0.464. The molecule has 0 N–H and O–H groups in total. The minimum Gasteiger partial charge on any atom is -0.411 e. The Morgan fingerprint density at radius 1 is 1.18 bits per heavy atom. The molecule has 0 amide bonds. The number of nitrogens with zero attached hydrogens (tertiary/aromatic N) is 3. The second-order valence-electron chi connectivity index (χ2n) is 3.67. The maximum Gasteiger partial charge on any atom is 0.277 e. The Hall–Kier alpha value is -1.36. The van der Waals surface area contributed by atoms with Crippen molar-refractivity contribution in [2.75, 3.05) is 0 Å². The second-order valence-corrected chi connectivity index (χ2v) is 4.92. The van der Waals surface area contributed by atoms with Gasteiger partial charge in [0.2, 0.25) is 5.89 Å². The average molecular weight is 249 g/mol. The van der Waals surface area contributed by atoms with Crippen LogP contribution >= 0.6 is 11.8 Å². The molecule has 90 valence electrons. The molecule has 5 heteroatoms. The zero-order chi connectivity index (χ0) is 12.1. The summed E-state index contributed by atoms with van der Waals surface area (Å²) in [4.78, 5) is 3.96. The molecule has 0 atom stereocenters. The largest absolute Gasteiger partial charge is 0.411 e. The molecule has 2 rings (SSSR count). The zero-order valence-electron chi connectivity index (χ0n) is 9.96. The summed E-state index contributed by atoms with van der Waals surface area (Å²) in [6.07, 6.45) is 5.64. The van der Waals surface area contributed by atoms with E-state index >= 15 is 0 Å². The van der Waals surface area contributed by atoms with E-state index in [9.17, 15) is 0 Å². The van der Waals surface area contributed by atoms with E-state index in [1.165, 1.54) is 0 Å². The molecule has 17 heavy (non-hydrogen) atoms. The predicted molar refractivity (Wildman–Crippen MR) is 67.8 cm³/mol. The van der Waals surface area contributed by atoms with Gasteiger partial charge in [-0.2, -0.15) is 0 Å². The lowest BCUT2D eigenvalue weighted by Gasteiger charge is -2.06. The minimum atomic E-state index is 0.542. The van der Waals surface area contributed by atoms with Gasteiger partial charge in [-0.25, -0.2) is 0 Å². The van der Waals surface area contributed by atoms with Gasteiger partial charge < -0.3 is 4.42 Å². The van der Waals surface area contributed by atoms with Crippen LogP contribution in [0.15, 0.2) is 34.2 Å². The SMILES string of the molecule is CCC(CC)Sc1nnc(-c2ccncc2)o1. The highest BCUT2D eigenvalue weighted by Gasteiger charge is 2.13. The van der Waals surface area contributed by atoms with Gasteiger partial charge in [-0.05, 0) is 25.0 Å². The molecule has 4 nitrogen and oxygen atoms in total. The summed E-state index contributed by atoms with van der Waals surface area (Å²) in [5, 5.41) is 9.28. The fourth-order valence-corrected chi connectivity index (χ4v) is 2.30. The standard InChI is InChI=1S/C12H15N3OS/c1-3-10(4-2)17-12-15-14-11(16-12)9-5-7-13-8-6-9/h5-8,10H,3-4H2,1-2H3. The van der Waals surface area contributed by atoms with Crippen LogP contribution in [0.25, 0.3) is 11.5 Å². The molecule has 0 aliphatic rings. The Labute approximate surface area is 105 Å². The van der Waals surface area contributed by atoms with Gasteiger partial charge in [-0.1, -0.05) is 25.6 Å². The van der Waals surface area contributed by atoms with E-state index in [1.807, 2.05) is 12.1 Å². The van der Waals surface area contributed by atoms with Crippen LogP contribution in [0.1, 0.15) is 26.7 Å². The van der Waals surface area contributed by atoms with E-state index in [2.05, 4.69) is 29.0 Å². The Kier molecular flexibility index (Phi) is 4.14. The van der Waals surface area contributed by atoms with Gasteiger partial charge in [0.05, 0.1) is 0 Å². The summed E-state index contributed by atoms with van der Waals surface area (Å²) in [6.45, 7) is 4.34. The molecule has 0 aromatic carbocycles. The van der Waals surface area contributed by atoms with E-state index in [0.29, 0.717) is 16.4 Å². The molecule has 0 spiro atoms. The number of rotatable bonds is 5. The lowest BCUT2D eigenvalue weighted by Crippen LogP contribution is -1.97. The minimum absolute atomic E-state index is 0.542. The predicted octanol–water partition coefficient (Wildman–Crippen LogP) is 3.41. The van der Waals surface area contributed by atoms with Crippen LogP contribution < -0.4 is 0 Å². The number of hydrogen-bond acceptors (Lipinski definition) is 5. The van der Waals surface area contributed by atoms with Crippen LogP contribution in [-0.2, 0) is 0 Å². The molecule has 2 heterocycles. The van der Waals surface area contributed by atoms with E-state index in [-0.39, 0.29) is 0 Å². The van der Waals surface area contributed by atoms with E-state index in [0.717, 1.165) is 18.4 Å². The first-order valence-electron chi connectivity index (χ1n) is 5.74. The van der Waals surface area contributed by atoms with Crippen LogP contribution in [-0.4, -0.2) is 20.4 Å². The molecule has 0 radical (unpaired) electrons. The first-order chi connectivity index (χ1) is 8.33. The van der Waals surface area contributed by atoms with Crippen molar-refractivity contribution >= 4 is 11.8 Å². The average Bonchev–Trinajstić information content (AvgIpc) is 2.85. The van der Waals surface area contributed by atoms with Crippen molar-refractivity contribution in [3.63, 3.8) is 0 Å². The van der Waals surface area contributed by atoms with Crippen LogP contribution in [0.4, 0.5) is 0 Å². The van der Waals surface area contributed by atoms with Crippen molar-refractivity contribution in [3.05, 3.63) is 24.5 Å². The molecule has 0 fully saturated rings. The third kappa shape index (κ3) is 3.06. The molecular formula is C12H15N3OS. The fraction of sp³-hybridized carbons (Fsp3) is 0.417. The summed E-state index contributed by atoms with van der Waals surface area (Å²) in [7, 11) is 0. The number of aromatic nitrogens is 3. The Morgan fingerprint density at radius 3 is 2.53 bits per heavy atom. The first kappa shape index (κ1) is 12.1. The highest BCUT2D eigenvalue weighted by Crippen LogP contribution is 2.28. The fourth-order valence-electron chi connectivity index (χ4n) is 1.47. The Morgan fingerprint density at radius 2 is 1.88 bits per heavy atom. The molecule has 0 saturated carbocycles. The van der Waals surface area contributed by atoms with E-state index < -0.39 is 0 Å². The highest BCUT2D eigenvalue weighted by molar-refractivity contribution is 7.99. The molecule has 0 bridgehead atoms. The monoisotopic (exact) mass is 249 g/mol. The second kappa shape index (κ2) is 5.82. The molecule has 0 aliphatic carbocycles. The maximum atomic E-state index is 5.62. The van der Waals surface area contributed by atoms with Gasteiger partial charge >= 0.3 is 0 Å². The van der Waals surface area contributed by atoms with Crippen LogP contribution in [0, 0.1) is 0 Å². The van der Waals surface area contributed by atoms with Gasteiger partial charge in [0.15, 0.2) is 0 Å². The third-order valence-corrected chi connectivity index (χ3v) is 3.88. The summed E-state index contributed by atoms with van der Waals surface area (Å²) >= 11 is 1.65. The summed E-state index contributed by atoms with van der Waals surface area (Å²) in [5.41, 5.74) is 0.906. The topological polar surface area (TPSA) is 51.8 Å². The van der Waals surface area contributed by atoms with Crippen LogP contribution in [0.3, 0.4) is 0 Å². The normalized spacial score (nSPS) is 11.0. The lowest BCUT2D eigenvalue weighted by atomic mass is 10.3. The smallest absolute Gasteiger partial charge is 0.277 e. The Balaban J connectivity index is 2.11. The number of pyridine rings is 1. The van der Waals surface area contributed by atoms with Crippen molar-refractivity contribution in [2.45, 2.75) is 37.2 Å². The quantitative estimate of drug-likeness (QED) is 0.760. The van der Waals surface area contributed by atoms with Gasteiger partial charge in [-0.3, -0.25) is 4.98 Å². The van der Waals surface area contributed by atoms with E-state index in [4.69, 9.17) is 4.42 Å². The van der Waals surface area contributed by atoms with Gasteiger partial charge in [0.25, 0.3) is 5.22 Å². The van der Waals surface area contributed by atoms with Gasteiger partial charge in [0, 0.05) is 23.2 Å².